The predicted octanol–water partition coefficient (Wildman–Crippen LogP) is 0.724. The summed E-state index contributed by atoms with van der Waals surface area (Å²) >= 11 is 0. The van der Waals surface area contributed by atoms with Crippen LogP contribution in [0.1, 0.15) is 23.2 Å². The van der Waals surface area contributed by atoms with E-state index >= 15 is 0 Å². The van der Waals surface area contributed by atoms with Crippen LogP contribution in [0.15, 0.2) is 24.3 Å². The minimum Gasteiger partial charge on any atom is -0.366 e. The zero-order valence-electron chi connectivity index (χ0n) is 10.1. The Kier molecular flexibility index (Phi) is 3.94. The molecule has 1 atom stereocenters. The van der Waals surface area contributed by atoms with E-state index in [9.17, 15) is 9.59 Å². The maximum Gasteiger partial charge on any atom is 0.248 e. The predicted molar refractivity (Wildman–Crippen MR) is 69.2 cm³/mol. The van der Waals surface area contributed by atoms with Crippen molar-refractivity contribution in [3.8, 4) is 0 Å². The molecule has 18 heavy (non-hydrogen) atoms. The average Bonchev–Trinajstić information content (AvgIpc) is 2.40. The van der Waals surface area contributed by atoms with Crippen molar-refractivity contribution in [2.45, 2.75) is 12.8 Å². The SMILES string of the molecule is NC(=O)c1cccc(NC(=O)C2CCCNC2)c1. The zero-order chi connectivity index (χ0) is 13.0. The van der Waals surface area contributed by atoms with Gasteiger partial charge in [0.15, 0.2) is 0 Å². The van der Waals surface area contributed by atoms with E-state index in [1.54, 1.807) is 24.3 Å². The Morgan fingerprint density at radius 3 is 2.89 bits per heavy atom. The monoisotopic (exact) mass is 247 g/mol. The molecule has 1 aliphatic rings. The van der Waals surface area contributed by atoms with Gasteiger partial charge in [-0.25, -0.2) is 0 Å². The highest BCUT2D eigenvalue weighted by Gasteiger charge is 2.20. The number of hydrogen-bond donors (Lipinski definition) is 3. The molecule has 0 aromatic heterocycles. The normalized spacial score (nSPS) is 19.2. The second kappa shape index (κ2) is 5.64. The van der Waals surface area contributed by atoms with Crippen LogP contribution < -0.4 is 16.4 Å². The van der Waals surface area contributed by atoms with Gasteiger partial charge in [0, 0.05) is 17.8 Å². The summed E-state index contributed by atoms with van der Waals surface area (Å²) in [6, 6.07) is 6.67. The van der Waals surface area contributed by atoms with Gasteiger partial charge in [0.2, 0.25) is 11.8 Å². The van der Waals surface area contributed by atoms with E-state index in [4.69, 9.17) is 5.73 Å². The largest absolute Gasteiger partial charge is 0.366 e. The molecule has 1 unspecified atom stereocenters. The molecule has 1 aliphatic heterocycles. The molecule has 0 saturated carbocycles. The quantitative estimate of drug-likeness (QED) is 0.736. The number of carbonyl (C=O) groups is 2. The number of nitrogens with one attached hydrogen (secondary N) is 2. The van der Waals surface area contributed by atoms with Gasteiger partial charge in [-0.1, -0.05) is 6.07 Å². The van der Waals surface area contributed by atoms with Gasteiger partial charge in [0.05, 0.1) is 5.92 Å². The van der Waals surface area contributed by atoms with Gasteiger partial charge in [-0.05, 0) is 37.6 Å². The molecule has 1 aromatic rings. The van der Waals surface area contributed by atoms with E-state index in [2.05, 4.69) is 10.6 Å². The molecule has 5 heteroatoms. The molecule has 1 saturated heterocycles. The molecule has 0 aliphatic carbocycles. The van der Waals surface area contributed by atoms with Crippen LogP contribution >= 0.6 is 0 Å². The lowest BCUT2D eigenvalue weighted by molar-refractivity contribution is -0.120. The molecule has 0 radical (unpaired) electrons. The topological polar surface area (TPSA) is 84.2 Å². The molecule has 1 fully saturated rings. The van der Waals surface area contributed by atoms with Crippen molar-refractivity contribution in [2.24, 2.45) is 11.7 Å². The summed E-state index contributed by atoms with van der Waals surface area (Å²) in [6.45, 7) is 1.68. The first-order valence-corrected chi connectivity index (χ1v) is 6.08. The Morgan fingerprint density at radius 1 is 1.39 bits per heavy atom. The highest BCUT2D eigenvalue weighted by molar-refractivity contribution is 5.96. The van der Waals surface area contributed by atoms with Gasteiger partial charge in [-0.3, -0.25) is 9.59 Å². The third-order valence-electron chi connectivity index (χ3n) is 3.08. The second-order valence-corrected chi connectivity index (χ2v) is 4.48. The summed E-state index contributed by atoms with van der Waals surface area (Å²) in [4.78, 5) is 23.0. The molecule has 1 aromatic carbocycles. The molecule has 5 nitrogen and oxygen atoms in total. The molecule has 2 amide bonds. The van der Waals surface area contributed by atoms with Gasteiger partial charge in [-0.2, -0.15) is 0 Å². The third kappa shape index (κ3) is 3.07. The number of anilines is 1. The number of hydrogen-bond acceptors (Lipinski definition) is 3. The maximum absolute atomic E-state index is 12.0. The van der Waals surface area contributed by atoms with Crippen molar-refractivity contribution < 1.29 is 9.59 Å². The number of amides is 2. The summed E-state index contributed by atoms with van der Waals surface area (Å²) in [5.74, 6) is -0.509. The van der Waals surface area contributed by atoms with E-state index in [1.165, 1.54) is 0 Å². The van der Waals surface area contributed by atoms with Crippen molar-refractivity contribution >= 4 is 17.5 Å². The molecular weight excluding hydrogens is 230 g/mol. The van der Waals surface area contributed by atoms with E-state index in [1.807, 2.05) is 0 Å². The van der Waals surface area contributed by atoms with Crippen LogP contribution in [0.2, 0.25) is 0 Å². The Labute approximate surface area is 106 Å². The summed E-state index contributed by atoms with van der Waals surface area (Å²) < 4.78 is 0. The van der Waals surface area contributed by atoms with Crippen LogP contribution in [0.4, 0.5) is 5.69 Å². The zero-order valence-corrected chi connectivity index (χ0v) is 10.1. The average molecular weight is 247 g/mol. The van der Waals surface area contributed by atoms with Crippen LogP contribution in [0.25, 0.3) is 0 Å². The van der Waals surface area contributed by atoms with Gasteiger partial charge < -0.3 is 16.4 Å². The van der Waals surface area contributed by atoms with Crippen LogP contribution in [-0.4, -0.2) is 24.9 Å². The standard InChI is InChI=1S/C13H17N3O2/c14-12(17)9-3-1-5-11(7-9)16-13(18)10-4-2-6-15-8-10/h1,3,5,7,10,15H,2,4,6,8H2,(H2,14,17)(H,16,18). The number of piperidine rings is 1. The number of carbonyl (C=O) groups excluding carboxylic acids is 2. The third-order valence-corrected chi connectivity index (χ3v) is 3.08. The highest BCUT2D eigenvalue weighted by Crippen LogP contribution is 2.15. The molecule has 2 rings (SSSR count). The molecule has 96 valence electrons. The molecular formula is C13H17N3O2. The van der Waals surface area contributed by atoms with Crippen molar-refractivity contribution in [2.75, 3.05) is 18.4 Å². The number of rotatable bonds is 3. The van der Waals surface area contributed by atoms with Crippen LogP contribution in [0.3, 0.4) is 0 Å². The first kappa shape index (κ1) is 12.6. The van der Waals surface area contributed by atoms with Crippen LogP contribution in [0.5, 0.6) is 0 Å². The van der Waals surface area contributed by atoms with Crippen LogP contribution in [-0.2, 0) is 4.79 Å². The minimum absolute atomic E-state index is 0.00372. The second-order valence-electron chi connectivity index (χ2n) is 4.48. The minimum atomic E-state index is -0.495. The molecule has 1 heterocycles. The highest BCUT2D eigenvalue weighted by atomic mass is 16.2. The fourth-order valence-electron chi connectivity index (χ4n) is 2.07. The number of primary amides is 1. The van der Waals surface area contributed by atoms with E-state index in [0.717, 1.165) is 19.4 Å². The van der Waals surface area contributed by atoms with Crippen LogP contribution in [0, 0.1) is 5.92 Å². The van der Waals surface area contributed by atoms with Crippen molar-refractivity contribution in [3.05, 3.63) is 29.8 Å². The Hall–Kier alpha value is -1.88. The summed E-state index contributed by atoms with van der Waals surface area (Å²) in [7, 11) is 0. The summed E-state index contributed by atoms with van der Waals surface area (Å²) in [5.41, 5.74) is 6.21. The first-order chi connectivity index (χ1) is 8.66. The van der Waals surface area contributed by atoms with Gasteiger partial charge in [0.25, 0.3) is 0 Å². The summed E-state index contributed by atoms with van der Waals surface area (Å²) in [6.07, 6.45) is 1.91. The fourth-order valence-corrected chi connectivity index (χ4v) is 2.07. The molecule has 0 bridgehead atoms. The van der Waals surface area contributed by atoms with Crippen molar-refractivity contribution in [1.82, 2.24) is 5.32 Å². The van der Waals surface area contributed by atoms with Gasteiger partial charge >= 0.3 is 0 Å². The fraction of sp³-hybridized carbons (Fsp3) is 0.385. The summed E-state index contributed by atoms with van der Waals surface area (Å²) in [5, 5.41) is 6.02. The van der Waals surface area contributed by atoms with E-state index in [0.29, 0.717) is 17.8 Å². The van der Waals surface area contributed by atoms with E-state index < -0.39 is 5.91 Å². The Balaban J connectivity index is 2.02. The first-order valence-electron chi connectivity index (χ1n) is 6.08. The van der Waals surface area contributed by atoms with Gasteiger partial charge in [-0.15, -0.1) is 0 Å². The van der Waals surface area contributed by atoms with Gasteiger partial charge in [0.1, 0.15) is 0 Å². The molecule has 0 spiro atoms. The van der Waals surface area contributed by atoms with E-state index in [-0.39, 0.29) is 11.8 Å². The maximum atomic E-state index is 12.0. The number of benzene rings is 1. The Morgan fingerprint density at radius 2 is 2.22 bits per heavy atom. The van der Waals surface area contributed by atoms with Crippen molar-refractivity contribution in [3.63, 3.8) is 0 Å². The smallest absolute Gasteiger partial charge is 0.248 e. The lowest BCUT2D eigenvalue weighted by atomic mass is 9.99. The molecule has 4 N–H and O–H groups in total. The Bertz CT molecular complexity index is 453. The van der Waals surface area contributed by atoms with Crippen molar-refractivity contribution in [1.29, 1.82) is 0 Å². The lowest BCUT2D eigenvalue weighted by Crippen LogP contribution is -2.37. The number of nitrogens with two attached hydrogens (primary N) is 1. The lowest BCUT2D eigenvalue weighted by Gasteiger charge is -2.21.